The third-order valence-corrected chi connectivity index (χ3v) is 2.87. The minimum absolute atomic E-state index is 0.328. The molecule has 15 heavy (non-hydrogen) atoms. The normalized spacial score (nSPS) is 17.4. The Morgan fingerprint density at radius 2 is 2.27 bits per heavy atom. The Kier molecular flexibility index (Phi) is 2.73. The Balaban J connectivity index is 2.25. The number of hydrogen-bond acceptors (Lipinski definition) is 2. The second kappa shape index (κ2) is 4.03. The van der Waals surface area contributed by atoms with Gasteiger partial charge in [0.15, 0.2) is 0 Å². The lowest BCUT2D eigenvalue weighted by Gasteiger charge is -2.13. The van der Waals surface area contributed by atoms with Crippen molar-refractivity contribution in [2.24, 2.45) is 5.73 Å². The number of likely N-dealkylation sites (N-methyl/N-ethyl adjacent to an activating group) is 1. The lowest BCUT2D eigenvalue weighted by atomic mass is 10.0. The predicted molar refractivity (Wildman–Crippen MR) is 59.4 cm³/mol. The lowest BCUT2D eigenvalue weighted by molar-refractivity contribution is -0.120. The van der Waals surface area contributed by atoms with Gasteiger partial charge in [0, 0.05) is 0 Å². The molecule has 0 spiro atoms. The zero-order chi connectivity index (χ0) is 10.8. The van der Waals surface area contributed by atoms with E-state index in [1.807, 2.05) is 12.1 Å². The first-order valence-electron chi connectivity index (χ1n) is 5.29. The molecule has 0 aliphatic heterocycles. The maximum Gasteiger partial charge on any atom is 0.239 e. The van der Waals surface area contributed by atoms with Crippen molar-refractivity contribution >= 4 is 5.91 Å². The van der Waals surface area contributed by atoms with Crippen LogP contribution >= 0.6 is 0 Å². The Labute approximate surface area is 89.7 Å². The number of nitrogens with one attached hydrogen (secondary N) is 1. The molecule has 2 rings (SSSR count). The molecule has 1 fully saturated rings. The van der Waals surface area contributed by atoms with Crippen molar-refractivity contribution in [3.63, 3.8) is 0 Å². The minimum Gasteiger partial charge on any atom is -0.368 e. The number of carbonyl (C=O) groups excluding carboxylic acids is 1. The summed E-state index contributed by atoms with van der Waals surface area (Å²) in [4.78, 5) is 11.2. The Hall–Kier alpha value is -1.35. The van der Waals surface area contributed by atoms with Gasteiger partial charge in [-0.05, 0) is 36.9 Å². The quantitative estimate of drug-likeness (QED) is 0.777. The summed E-state index contributed by atoms with van der Waals surface area (Å²) >= 11 is 0. The van der Waals surface area contributed by atoms with Crippen molar-refractivity contribution in [1.82, 2.24) is 5.32 Å². The summed E-state index contributed by atoms with van der Waals surface area (Å²) in [6.45, 7) is 0. The smallest absolute Gasteiger partial charge is 0.239 e. The van der Waals surface area contributed by atoms with Crippen LogP contribution in [0.4, 0.5) is 0 Å². The van der Waals surface area contributed by atoms with Crippen molar-refractivity contribution in [2.45, 2.75) is 24.8 Å². The van der Waals surface area contributed by atoms with Gasteiger partial charge in [0.1, 0.15) is 6.04 Å². The minimum atomic E-state index is -0.372. The average molecular weight is 204 g/mol. The molecule has 3 N–H and O–H groups in total. The van der Waals surface area contributed by atoms with Crippen LogP contribution in [0.2, 0.25) is 0 Å². The van der Waals surface area contributed by atoms with Gasteiger partial charge >= 0.3 is 0 Å². The molecule has 1 amide bonds. The highest BCUT2D eigenvalue weighted by atomic mass is 16.1. The Bertz CT molecular complexity index is 372. The van der Waals surface area contributed by atoms with Crippen LogP contribution in [0.25, 0.3) is 0 Å². The van der Waals surface area contributed by atoms with Crippen molar-refractivity contribution in [2.75, 3.05) is 7.05 Å². The first-order chi connectivity index (χ1) is 7.22. The topological polar surface area (TPSA) is 55.1 Å². The molecule has 1 saturated carbocycles. The van der Waals surface area contributed by atoms with Crippen molar-refractivity contribution in [1.29, 1.82) is 0 Å². The summed E-state index contributed by atoms with van der Waals surface area (Å²) in [6.07, 6.45) is 2.54. The van der Waals surface area contributed by atoms with Crippen LogP contribution in [0.5, 0.6) is 0 Å². The zero-order valence-electron chi connectivity index (χ0n) is 8.86. The average Bonchev–Trinajstić information content (AvgIpc) is 3.02. The van der Waals surface area contributed by atoms with E-state index < -0.39 is 0 Å². The number of amides is 1. The molecular weight excluding hydrogens is 188 g/mol. The van der Waals surface area contributed by atoms with Crippen molar-refractivity contribution in [3.05, 3.63) is 35.4 Å². The van der Waals surface area contributed by atoms with Gasteiger partial charge in [-0.3, -0.25) is 4.79 Å². The zero-order valence-corrected chi connectivity index (χ0v) is 8.86. The van der Waals surface area contributed by atoms with Crippen LogP contribution in [0, 0.1) is 0 Å². The molecule has 3 nitrogen and oxygen atoms in total. The van der Waals surface area contributed by atoms with Gasteiger partial charge in [-0.25, -0.2) is 0 Å². The number of benzene rings is 1. The number of nitrogens with two attached hydrogens (primary N) is 1. The molecule has 1 atom stereocenters. The van der Waals surface area contributed by atoms with E-state index in [4.69, 9.17) is 5.73 Å². The molecule has 0 bridgehead atoms. The third-order valence-electron chi connectivity index (χ3n) is 2.87. The van der Waals surface area contributed by atoms with Crippen LogP contribution in [-0.4, -0.2) is 13.0 Å². The lowest BCUT2D eigenvalue weighted by Crippen LogP contribution is -2.31. The molecule has 0 radical (unpaired) electrons. The molecule has 1 aliphatic rings. The van der Waals surface area contributed by atoms with Gasteiger partial charge in [0.25, 0.3) is 0 Å². The predicted octanol–water partition coefficient (Wildman–Crippen LogP) is 1.31. The SMILES string of the molecule is CNC(C(N)=O)c1cccc(C2CC2)c1. The van der Waals surface area contributed by atoms with Crippen molar-refractivity contribution < 1.29 is 4.79 Å². The van der Waals surface area contributed by atoms with Crippen LogP contribution in [-0.2, 0) is 4.79 Å². The highest BCUT2D eigenvalue weighted by molar-refractivity contribution is 5.81. The van der Waals surface area contributed by atoms with E-state index in [0.29, 0.717) is 5.92 Å². The van der Waals surface area contributed by atoms with Crippen LogP contribution in [0.15, 0.2) is 24.3 Å². The van der Waals surface area contributed by atoms with E-state index in [0.717, 1.165) is 5.56 Å². The number of primary amides is 1. The van der Waals surface area contributed by atoms with Gasteiger partial charge in [-0.2, -0.15) is 0 Å². The van der Waals surface area contributed by atoms with Crippen LogP contribution in [0.1, 0.15) is 35.9 Å². The number of rotatable bonds is 4. The molecule has 3 heteroatoms. The van der Waals surface area contributed by atoms with E-state index in [9.17, 15) is 4.79 Å². The molecule has 0 heterocycles. The van der Waals surface area contributed by atoms with E-state index in [2.05, 4.69) is 17.4 Å². The van der Waals surface area contributed by atoms with Gasteiger partial charge in [0.2, 0.25) is 5.91 Å². The first kappa shape index (κ1) is 10.2. The molecule has 1 unspecified atom stereocenters. The fourth-order valence-corrected chi connectivity index (χ4v) is 1.88. The second-order valence-corrected chi connectivity index (χ2v) is 4.07. The monoisotopic (exact) mass is 204 g/mol. The number of hydrogen-bond donors (Lipinski definition) is 2. The number of carbonyl (C=O) groups is 1. The summed E-state index contributed by atoms with van der Waals surface area (Å²) in [7, 11) is 1.75. The van der Waals surface area contributed by atoms with E-state index in [1.54, 1.807) is 7.05 Å². The summed E-state index contributed by atoms with van der Waals surface area (Å²) in [6, 6.07) is 7.77. The summed E-state index contributed by atoms with van der Waals surface area (Å²) in [5.74, 6) is 0.376. The molecule has 1 aliphatic carbocycles. The standard InChI is InChI=1S/C12H16N2O/c1-14-11(12(13)15)10-4-2-3-9(7-10)8-5-6-8/h2-4,7-8,11,14H,5-6H2,1H3,(H2,13,15). The molecule has 1 aromatic carbocycles. The molecule has 0 aromatic heterocycles. The summed E-state index contributed by atoms with van der Waals surface area (Å²) in [5, 5.41) is 2.93. The van der Waals surface area contributed by atoms with E-state index in [1.165, 1.54) is 18.4 Å². The van der Waals surface area contributed by atoms with Crippen LogP contribution in [0.3, 0.4) is 0 Å². The van der Waals surface area contributed by atoms with Gasteiger partial charge in [-0.1, -0.05) is 24.3 Å². The highest BCUT2D eigenvalue weighted by Gasteiger charge is 2.24. The molecular formula is C12H16N2O. The summed E-state index contributed by atoms with van der Waals surface area (Å²) < 4.78 is 0. The third kappa shape index (κ3) is 2.18. The maximum absolute atomic E-state index is 11.2. The Morgan fingerprint density at radius 1 is 1.53 bits per heavy atom. The van der Waals surface area contributed by atoms with E-state index in [-0.39, 0.29) is 11.9 Å². The molecule has 1 aromatic rings. The second-order valence-electron chi connectivity index (χ2n) is 4.07. The van der Waals surface area contributed by atoms with Crippen LogP contribution < -0.4 is 11.1 Å². The van der Waals surface area contributed by atoms with Gasteiger partial charge in [-0.15, -0.1) is 0 Å². The van der Waals surface area contributed by atoms with Gasteiger partial charge < -0.3 is 11.1 Å². The highest BCUT2D eigenvalue weighted by Crippen LogP contribution is 2.40. The van der Waals surface area contributed by atoms with E-state index >= 15 is 0 Å². The fourth-order valence-electron chi connectivity index (χ4n) is 1.88. The fraction of sp³-hybridized carbons (Fsp3) is 0.417. The Morgan fingerprint density at radius 3 is 2.80 bits per heavy atom. The van der Waals surface area contributed by atoms with Gasteiger partial charge in [0.05, 0.1) is 0 Å². The molecule has 0 saturated heterocycles. The molecule has 80 valence electrons. The summed E-state index contributed by atoms with van der Waals surface area (Å²) in [5.41, 5.74) is 7.61. The van der Waals surface area contributed by atoms with Crippen molar-refractivity contribution in [3.8, 4) is 0 Å². The maximum atomic E-state index is 11.2. The largest absolute Gasteiger partial charge is 0.368 e. The first-order valence-corrected chi connectivity index (χ1v) is 5.29.